The molecule has 1 aromatic heterocycles. The molecule has 3 fully saturated rings. The number of carbonyl (C=O) groups excluding carboxylic acids is 2. The van der Waals surface area contributed by atoms with Crippen LogP contribution in [0.15, 0.2) is 18.3 Å². The molecule has 0 aromatic carbocycles. The Labute approximate surface area is 175 Å². The second kappa shape index (κ2) is 9.36. The molecule has 3 saturated carbocycles. The van der Waals surface area contributed by atoms with Gasteiger partial charge in [-0.1, -0.05) is 38.5 Å². The summed E-state index contributed by atoms with van der Waals surface area (Å²) < 4.78 is 2.09. The van der Waals surface area contributed by atoms with E-state index in [1.165, 1.54) is 25.7 Å². The van der Waals surface area contributed by atoms with Crippen molar-refractivity contribution in [3.63, 3.8) is 0 Å². The van der Waals surface area contributed by atoms with Crippen molar-refractivity contribution >= 4 is 11.8 Å². The van der Waals surface area contributed by atoms with Crippen molar-refractivity contribution in [3.05, 3.63) is 24.0 Å². The zero-order chi connectivity index (χ0) is 20.2. The quantitative estimate of drug-likeness (QED) is 0.688. The monoisotopic (exact) mass is 399 g/mol. The number of amides is 2. The molecule has 1 heterocycles. The van der Waals surface area contributed by atoms with Gasteiger partial charge < -0.3 is 14.4 Å². The molecule has 0 saturated heterocycles. The number of carbonyl (C=O) groups is 2. The van der Waals surface area contributed by atoms with Gasteiger partial charge in [-0.05, 0) is 50.7 Å². The van der Waals surface area contributed by atoms with Crippen LogP contribution in [-0.2, 0) is 23.2 Å². The van der Waals surface area contributed by atoms with Crippen molar-refractivity contribution in [2.45, 2.75) is 95.7 Å². The van der Waals surface area contributed by atoms with Crippen LogP contribution in [0.2, 0.25) is 0 Å². The third-order valence-electron chi connectivity index (χ3n) is 7.25. The van der Waals surface area contributed by atoms with Gasteiger partial charge in [0.25, 0.3) is 0 Å². The van der Waals surface area contributed by atoms with Crippen LogP contribution in [0.3, 0.4) is 0 Å². The van der Waals surface area contributed by atoms with Gasteiger partial charge in [-0.2, -0.15) is 0 Å². The SMILES string of the molecule is Cn1cccc1CN(C(=O)CN(C(=O)C1CCCCC1)C1CCCCC1)C1CC1. The standard InChI is InChI=1S/C24H37N3O2/c1-25-16-8-13-22(25)17-26(21-14-15-21)23(28)18-27(20-11-6-3-7-12-20)24(29)19-9-4-2-5-10-19/h8,13,16,19-21H,2-7,9-12,14-15,17-18H2,1H3. The van der Waals surface area contributed by atoms with Crippen molar-refractivity contribution in [2.24, 2.45) is 13.0 Å². The van der Waals surface area contributed by atoms with E-state index in [-0.39, 0.29) is 30.3 Å². The molecule has 3 aliphatic carbocycles. The minimum atomic E-state index is 0.140. The second-order valence-corrected chi connectivity index (χ2v) is 9.46. The maximum absolute atomic E-state index is 13.5. The highest BCUT2D eigenvalue weighted by atomic mass is 16.2. The van der Waals surface area contributed by atoms with E-state index in [1.54, 1.807) is 0 Å². The summed E-state index contributed by atoms with van der Waals surface area (Å²) in [4.78, 5) is 30.9. The minimum absolute atomic E-state index is 0.140. The molecule has 5 nitrogen and oxygen atoms in total. The predicted octanol–water partition coefficient (Wildman–Crippen LogP) is 4.26. The first kappa shape index (κ1) is 20.5. The fourth-order valence-electron chi connectivity index (χ4n) is 5.24. The Kier molecular flexibility index (Phi) is 6.61. The van der Waals surface area contributed by atoms with E-state index < -0.39 is 0 Å². The third kappa shape index (κ3) is 5.04. The van der Waals surface area contributed by atoms with Crippen molar-refractivity contribution in [3.8, 4) is 0 Å². The summed E-state index contributed by atoms with van der Waals surface area (Å²) in [6, 6.07) is 4.74. The lowest BCUT2D eigenvalue weighted by molar-refractivity contribution is -0.147. The van der Waals surface area contributed by atoms with Gasteiger partial charge in [0.05, 0.1) is 6.54 Å². The second-order valence-electron chi connectivity index (χ2n) is 9.46. The zero-order valence-corrected chi connectivity index (χ0v) is 18.0. The lowest BCUT2D eigenvalue weighted by atomic mass is 9.86. The molecule has 0 aliphatic heterocycles. The summed E-state index contributed by atoms with van der Waals surface area (Å²) in [7, 11) is 2.03. The minimum Gasteiger partial charge on any atom is -0.353 e. The van der Waals surface area contributed by atoms with Gasteiger partial charge in [0.2, 0.25) is 11.8 Å². The first-order valence-electron chi connectivity index (χ1n) is 11.8. The van der Waals surface area contributed by atoms with Crippen LogP contribution in [0.4, 0.5) is 0 Å². The van der Waals surface area contributed by atoms with Crippen molar-refractivity contribution < 1.29 is 9.59 Å². The van der Waals surface area contributed by atoms with Gasteiger partial charge in [0.15, 0.2) is 0 Å². The topological polar surface area (TPSA) is 45.6 Å². The summed E-state index contributed by atoms with van der Waals surface area (Å²) in [5, 5.41) is 0. The number of rotatable bonds is 7. The molecule has 160 valence electrons. The van der Waals surface area contributed by atoms with Gasteiger partial charge in [-0.3, -0.25) is 9.59 Å². The Morgan fingerprint density at radius 1 is 0.897 bits per heavy atom. The van der Waals surface area contributed by atoms with Crippen LogP contribution in [-0.4, -0.2) is 44.8 Å². The Balaban J connectivity index is 1.48. The largest absolute Gasteiger partial charge is 0.353 e. The first-order chi connectivity index (χ1) is 14.1. The molecule has 0 unspecified atom stereocenters. The average molecular weight is 400 g/mol. The van der Waals surface area contributed by atoms with Gasteiger partial charge in [-0.15, -0.1) is 0 Å². The van der Waals surface area contributed by atoms with E-state index >= 15 is 0 Å². The molecular formula is C24H37N3O2. The highest BCUT2D eigenvalue weighted by molar-refractivity contribution is 5.86. The van der Waals surface area contributed by atoms with Gasteiger partial charge in [0, 0.05) is 36.9 Å². The van der Waals surface area contributed by atoms with Crippen LogP contribution < -0.4 is 0 Å². The molecular weight excluding hydrogens is 362 g/mol. The maximum atomic E-state index is 13.5. The van der Waals surface area contributed by atoms with Crippen molar-refractivity contribution in [2.75, 3.05) is 6.54 Å². The molecule has 2 amide bonds. The molecule has 5 heteroatoms. The van der Waals surface area contributed by atoms with E-state index in [4.69, 9.17) is 0 Å². The average Bonchev–Trinajstić information content (AvgIpc) is 3.52. The molecule has 0 atom stereocenters. The number of aryl methyl sites for hydroxylation is 1. The molecule has 0 radical (unpaired) electrons. The van der Waals surface area contributed by atoms with Gasteiger partial charge in [0.1, 0.15) is 6.54 Å². The summed E-state index contributed by atoms with van der Waals surface area (Å²) in [5.41, 5.74) is 1.16. The molecule has 29 heavy (non-hydrogen) atoms. The lowest BCUT2D eigenvalue weighted by Crippen LogP contribution is -2.50. The zero-order valence-electron chi connectivity index (χ0n) is 18.0. The number of hydrogen-bond acceptors (Lipinski definition) is 2. The normalized spacial score (nSPS) is 21.1. The Bertz CT molecular complexity index is 697. The number of hydrogen-bond donors (Lipinski definition) is 0. The maximum Gasteiger partial charge on any atom is 0.242 e. The van der Waals surface area contributed by atoms with Gasteiger partial charge in [-0.25, -0.2) is 0 Å². The Morgan fingerprint density at radius 2 is 1.52 bits per heavy atom. The van der Waals surface area contributed by atoms with Crippen LogP contribution in [0.1, 0.15) is 82.7 Å². The van der Waals surface area contributed by atoms with E-state index in [0.717, 1.165) is 57.1 Å². The summed E-state index contributed by atoms with van der Waals surface area (Å²) in [5.74, 6) is 0.545. The molecule has 0 N–H and O–H groups in total. The summed E-state index contributed by atoms with van der Waals surface area (Å²) in [6.07, 6.45) is 15.5. The fourth-order valence-corrected chi connectivity index (χ4v) is 5.24. The summed E-state index contributed by atoms with van der Waals surface area (Å²) >= 11 is 0. The highest BCUT2D eigenvalue weighted by Crippen LogP contribution is 2.32. The summed E-state index contributed by atoms with van der Waals surface area (Å²) in [6.45, 7) is 0.935. The van der Waals surface area contributed by atoms with Crippen molar-refractivity contribution in [1.29, 1.82) is 0 Å². The Morgan fingerprint density at radius 3 is 2.10 bits per heavy atom. The van der Waals surface area contributed by atoms with E-state index in [9.17, 15) is 9.59 Å². The van der Waals surface area contributed by atoms with E-state index in [0.29, 0.717) is 12.6 Å². The molecule has 0 spiro atoms. The smallest absolute Gasteiger partial charge is 0.242 e. The fraction of sp³-hybridized carbons (Fsp3) is 0.750. The van der Waals surface area contributed by atoms with Crippen molar-refractivity contribution in [1.82, 2.24) is 14.4 Å². The molecule has 3 aliphatic rings. The molecule has 1 aromatic rings. The Hall–Kier alpha value is -1.78. The van der Waals surface area contributed by atoms with Crippen LogP contribution >= 0.6 is 0 Å². The number of aromatic nitrogens is 1. The van der Waals surface area contributed by atoms with Crippen LogP contribution in [0, 0.1) is 5.92 Å². The third-order valence-corrected chi connectivity index (χ3v) is 7.25. The lowest BCUT2D eigenvalue weighted by Gasteiger charge is -2.38. The molecule has 4 rings (SSSR count). The predicted molar refractivity (Wildman–Crippen MR) is 114 cm³/mol. The van der Waals surface area contributed by atoms with E-state index in [1.807, 2.05) is 29.1 Å². The molecule has 0 bridgehead atoms. The number of nitrogens with zero attached hydrogens (tertiary/aromatic N) is 3. The van der Waals surface area contributed by atoms with Gasteiger partial charge >= 0.3 is 0 Å². The highest BCUT2D eigenvalue weighted by Gasteiger charge is 2.37. The van der Waals surface area contributed by atoms with E-state index in [2.05, 4.69) is 10.6 Å². The first-order valence-corrected chi connectivity index (χ1v) is 11.8. The van der Waals surface area contributed by atoms with Crippen LogP contribution in [0.5, 0.6) is 0 Å². The van der Waals surface area contributed by atoms with Crippen LogP contribution in [0.25, 0.3) is 0 Å².